The Morgan fingerprint density at radius 3 is 2.20 bits per heavy atom. The standard InChI is InChI=1S/C14H21N3O2S/c1-9-7-12-5-6-13(8-9)17(12)20(18,19)14-10(2)15-16(4)11(14)3/h12-13H,1,5-8H2,2-4H3. The summed E-state index contributed by atoms with van der Waals surface area (Å²) in [4.78, 5) is 0.393. The highest BCUT2D eigenvalue weighted by Gasteiger charge is 2.46. The molecule has 2 atom stereocenters. The number of hydrogen-bond acceptors (Lipinski definition) is 3. The molecule has 0 spiro atoms. The minimum atomic E-state index is -3.45. The van der Waals surface area contributed by atoms with E-state index in [0.29, 0.717) is 16.3 Å². The summed E-state index contributed by atoms with van der Waals surface area (Å²) in [5.74, 6) is 0. The van der Waals surface area contributed by atoms with Crippen molar-refractivity contribution in [3.63, 3.8) is 0 Å². The summed E-state index contributed by atoms with van der Waals surface area (Å²) in [6.45, 7) is 7.63. The zero-order chi connectivity index (χ0) is 14.7. The second-order valence-corrected chi connectivity index (χ2v) is 7.78. The molecule has 0 aromatic carbocycles. The first kappa shape index (κ1) is 13.8. The van der Waals surface area contributed by atoms with Crippen molar-refractivity contribution in [3.8, 4) is 0 Å². The summed E-state index contributed by atoms with van der Waals surface area (Å²) >= 11 is 0. The highest BCUT2D eigenvalue weighted by Crippen LogP contribution is 2.42. The van der Waals surface area contributed by atoms with E-state index >= 15 is 0 Å². The van der Waals surface area contributed by atoms with E-state index in [1.807, 2.05) is 6.92 Å². The molecule has 5 nitrogen and oxygen atoms in total. The van der Waals surface area contributed by atoms with E-state index < -0.39 is 10.0 Å². The summed E-state index contributed by atoms with van der Waals surface area (Å²) < 4.78 is 29.5. The number of rotatable bonds is 2. The number of fused-ring (bicyclic) bond motifs is 2. The second-order valence-electron chi connectivity index (χ2n) is 6.00. The van der Waals surface area contributed by atoms with Crippen LogP contribution in [0.1, 0.15) is 37.1 Å². The van der Waals surface area contributed by atoms with Gasteiger partial charge in [0.2, 0.25) is 10.0 Å². The molecule has 0 amide bonds. The molecular formula is C14H21N3O2S. The minimum Gasteiger partial charge on any atom is -0.271 e. The SMILES string of the molecule is C=C1CC2CCC(C1)N2S(=O)(=O)c1c(C)nn(C)c1C. The van der Waals surface area contributed by atoms with E-state index in [4.69, 9.17) is 0 Å². The molecule has 3 heterocycles. The monoisotopic (exact) mass is 295 g/mol. The largest absolute Gasteiger partial charge is 0.271 e. The smallest absolute Gasteiger partial charge is 0.247 e. The molecule has 6 heteroatoms. The molecule has 2 bridgehead atoms. The molecule has 0 aliphatic carbocycles. The van der Waals surface area contributed by atoms with Crippen molar-refractivity contribution >= 4 is 10.0 Å². The Labute approximate surface area is 120 Å². The van der Waals surface area contributed by atoms with Gasteiger partial charge in [0.25, 0.3) is 0 Å². The highest BCUT2D eigenvalue weighted by molar-refractivity contribution is 7.89. The topological polar surface area (TPSA) is 55.2 Å². The first-order chi connectivity index (χ1) is 9.32. The Morgan fingerprint density at radius 2 is 1.75 bits per heavy atom. The van der Waals surface area contributed by atoms with E-state index in [2.05, 4.69) is 11.7 Å². The number of sulfonamides is 1. The van der Waals surface area contributed by atoms with Crippen LogP contribution in [0.15, 0.2) is 17.0 Å². The predicted octanol–water partition coefficient (Wildman–Crippen LogP) is 1.91. The summed E-state index contributed by atoms with van der Waals surface area (Å²) in [6, 6.07) is 0.176. The number of aryl methyl sites for hydroxylation is 2. The van der Waals surface area contributed by atoms with Crippen LogP contribution in [0.4, 0.5) is 0 Å². The molecule has 1 aromatic rings. The third-order valence-corrected chi connectivity index (χ3v) is 6.84. The van der Waals surface area contributed by atoms with Crippen molar-refractivity contribution in [1.82, 2.24) is 14.1 Å². The quantitative estimate of drug-likeness (QED) is 0.783. The second kappa shape index (κ2) is 4.43. The van der Waals surface area contributed by atoms with Crippen LogP contribution in [-0.2, 0) is 17.1 Å². The Balaban J connectivity index is 2.07. The van der Waals surface area contributed by atoms with Gasteiger partial charge in [0.05, 0.1) is 11.4 Å². The first-order valence-corrected chi connectivity index (χ1v) is 8.46. The van der Waals surface area contributed by atoms with Crippen molar-refractivity contribution in [2.75, 3.05) is 0 Å². The maximum Gasteiger partial charge on any atom is 0.247 e. The zero-order valence-electron chi connectivity index (χ0n) is 12.3. The molecule has 2 aliphatic rings. The molecule has 2 unspecified atom stereocenters. The normalized spacial score (nSPS) is 27.2. The molecule has 20 heavy (non-hydrogen) atoms. The van der Waals surface area contributed by atoms with Crippen LogP contribution < -0.4 is 0 Å². The Hall–Kier alpha value is -1.14. The lowest BCUT2D eigenvalue weighted by molar-refractivity contribution is 0.285. The van der Waals surface area contributed by atoms with Gasteiger partial charge in [-0.1, -0.05) is 12.2 Å². The fraction of sp³-hybridized carbons (Fsp3) is 0.643. The first-order valence-electron chi connectivity index (χ1n) is 7.02. The highest BCUT2D eigenvalue weighted by atomic mass is 32.2. The van der Waals surface area contributed by atoms with E-state index in [1.165, 1.54) is 5.57 Å². The number of aromatic nitrogens is 2. The van der Waals surface area contributed by atoms with Gasteiger partial charge in [0.1, 0.15) is 4.90 Å². The van der Waals surface area contributed by atoms with Gasteiger partial charge in [-0.2, -0.15) is 9.40 Å². The molecule has 0 N–H and O–H groups in total. The van der Waals surface area contributed by atoms with Crippen molar-refractivity contribution in [2.24, 2.45) is 7.05 Å². The Kier molecular flexibility index (Phi) is 3.06. The van der Waals surface area contributed by atoms with Crippen molar-refractivity contribution in [1.29, 1.82) is 0 Å². The number of hydrogen-bond donors (Lipinski definition) is 0. The van der Waals surface area contributed by atoms with Crippen molar-refractivity contribution in [2.45, 2.75) is 56.5 Å². The average Bonchev–Trinajstić information content (AvgIpc) is 2.76. The predicted molar refractivity (Wildman–Crippen MR) is 76.9 cm³/mol. The maximum atomic E-state index is 13.1. The van der Waals surface area contributed by atoms with Crippen molar-refractivity contribution < 1.29 is 8.42 Å². The molecule has 0 radical (unpaired) electrons. The molecule has 2 fully saturated rings. The van der Waals surface area contributed by atoms with Gasteiger partial charge < -0.3 is 0 Å². The summed E-state index contributed by atoms with van der Waals surface area (Å²) in [5.41, 5.74) is 2.49. The van der Waals surface area contributed by atoms with Crippen LogP contribution in [0, 0.1) is 13.8 Å². The molecule has 3 rings (SSSR count). The van der Waals surface area contributed by atoms with Gasteiger partial charge in [0.15, 0.2) is 0 Å². The van der Waals surface area contributed by atoms with Gasteiger partial charge in [-0.15, -0.1) is 0 Å². The van der Waals surface area contributed by atoms with Gasteiger partial charge >= 0.3 is 0 Å². The van der Waals surface area contributed by atoms with Crippen LogP contribution in [0.25, 0.3) is 0 Å². The maximum absolute atomic E-state index is 13.1. The Morgan fingerprint density at radius 1 is 1.20 bits per heavy atom. The fourth-order valence-electron chi connectivity index (χ4n) is 3.70. The van der Waals surface area contributed by atoms with Crippen LogP contribution in [0.5, 0.6) is 0 Å². The van der Waals surface area contributed by atoms with E-state index in [1.54, 1.807) is 23.0 Å². The molecule has 1 aromatic heterocycles. The van der Waals surface area contributed by atoms with Crippen LogP contribution >= 0.6 is 0 Å². The van der Waals surface area contributed by atoms with E-state index in [0.717, 1.165) is 25.7 Å². The van der Waals surface area contributed by atoms with Crippen LogP contribution in [0.2, 0.25) is 0 Å². The number of piperidine rings is 1. The van der Waals surface area contributed by atoms with Gasteiger partial charge in [0, 0.05) is 19.1 Å². The van der Waals surface area contributed by atoms with Crippen molar-refractivity contribution in [3.05, 3.63) is 23.5 Å². The van der Waals surface area contributed by atoms with E-state index in [-0.39, 0.29) is 12.1 Å². The van der Waals surface area contributed by atoms with Crippen LogP contribution in [-0.4, -0.2) is 34.6 Å². The lowest BCUT2D eigenvalue weighted by atomic mass is 10.0. The summed E-state index contributed by atoms with van der Waals surface area (Å²) in [5, 5.41) is 4.25. The number of nitrogens with zero attached hydrogens (tertiary/aromatic N) is 3. The molecule has 2 aliphatic heterocycles. The summed E-state index contributed by atoms with van der Waals surface area (Å²) in [6.07, 6.45) is 3.49. The third-order valence-electron chi connectivity index (χ3n) is 4.58. The molecule has 0 saturated carbocycles. The van der Waals surface area contributed by atoms with E-state index in [9.17, 15) is 8.42 Å². The van der Waals surface area contributed by atoms with Crippen LogP contribution in [0.3, 0.4) is 0 Å². The zero-order valence-corrected chi connectivity index (χ0v) is 13.1. The molecule has 2 saturated heterocycles. The average molecular weight is 295 g/mol. The van der Waals surface area contributed by atoms with Gasteiger partial charge in [-0.05, 0) is 39.5 Å². The van der Waals surface area contributed by atoms with Gasteiger partial charge in [-0.3, -0.25) is 4.68 Å². The van der Waals surface area contributed by atoms with Gasteiger partial charge in [-0.25, -0.2) is 8.42 Å². The molecular weight excluding hydrogens is 274 g/mol. The minimum absolute atomic E-state index is 0.0882. The third kappa shape index (κ3) is 1.85. The lowest BCUT2D eigenvalue weighted by Gasteiger charge is -2.34. The lowest BCUT2D eigenvalue weighted by Crippen LogP contribution is -2.44. The summed E-state index contributed by atoms with van der Waals surface area (Å²) in [7, 11) is -1.67. The fourth-order valence-corrected chi connectivity index (χ4v) is 5.97. The molecule has 110 valence electrons. The Bertz CT molecular complexity index is 659.